The molecule has 0 amide bonds. The summed E-state index contributed by atoms with van der Waals surface area (Å²) in [6.45, 7) is 0. The molecule has 18 heavy (non-hydrogen) atoms. The highest BCUT2D eigenvalue weighted by molar-refractivity contribution is 5.62. The fourth-order valence-corrected chi connectivity index (χ4v) is 1.65. The van der Waals surface area contributed by atoms with Gasteiger partial charge in [-0.1, -0.05) is 0 Å². The maximum absolute atomic E-state index is 12.8. The highest BCUT2D eigenvalue weighted by atomic mass is 19.4. The summed E-state index contributed by atoms with van der Waals surface area (Å²) < 4.78 is 38.3. The van der Waals surface area contributed by atoms with Crippen LogP contribution in [-0.4, -0.2) is 34.4 Å². The van der Waals surface area contributed by atoms with Crippen molar-refractivity contribution in [1.29, 1.82) is 0 Å². The number of alkyl halides is 3. The van der Waals surface area contributed by atoms with Crippen LogP contribution in [0.3, 0.4) is 0 Å². The summed E-state index contributed by atoms with van der Waals surface area (Å²) in [5.41, 5.74) is 6.56. The van der Waals surface area contributed by atoms with Crippen molar-refractivity contribution in [3.05, 3.63) is 23.8 Å². The number of benzene rings is 1. The van der Waals surface area contributed by atoms with Crippen LogP contribution in [0, 0.1) is 0 Å². The Morgan fingerprint density at radius 1 is 1.06 bits per heavy atom. The third kappa shape index (κ3) is 3.07. The lowest BCUT2D eigenvalue weighted by atomic mass is 10.0. The van der Waals surface area contributed by atoms with Crippen LogP contribution in [0.15, 0.2) is 18.2 Å². The molecule has 102 valence electrons. The van der Waals surface area contributed by atoms with Gasteiger partial charge in [-0.15, -0.1) is 0 Å². The van der Waals surface area contributed by atoms with Crippen molar-refractivity contribution in [1.82, 2.24) is 0 Å². The molecule has 3 nitrogen and oxygen atoms in total. The molecule has 6 heteroatoms. The smallest absolute Gasteiger partial charge is 0.378 e. The van der Waals surface area contributed by atoms with E-state index >= 15 is 0 Å². The largest absolute Gasteiger partial charge is 0.407 e. The van der Waals surface area contributed by atoms with Crippen LogP contribution in [0.2, 0.25) is 0 Å². The molecule has 0 aliphatic rings. The van der Waals surface area contributed by atoms with E-state index in [2.05, 4.69) is 0 Å². The van der Waals surface area contributed by atoms with Gasteiger partial charge >= 0.3 is 6.18 Å². The molecule has 1 aromatic rings. The molecule has 0 spiro atoms. The van der Waals surface area contributed by atoms with Crippen molar-refractivity contribution < 1.29 is 13.2 Å². The summed E-state index contributed by atoms with van der Waals surface area (Å²) in [6.07, 6.45) is -4.45. The number of anilines is 2. The molecule has 0 aromatic heterocycles. The summed E-state index contributed by atoms with van der Waals surface area (Å²) >= 11 is 0. The molecule has 0 saturated heterocycles. The van der Waals surface area contributed by atoms with Crippen molar-refractivity contribution >= 4 is 11.4 Å². The fourth-order valence-electron chi connectivity index (χ4n) is 1.65. The number of hydrogen-bond acceptors (Lipinski definition) is 3. The number of rotatable bonds is 3. The molecule has 0 unspecified atom stereocenters. The van der Waals surface area contributed by atoms with E-state index < -0.39 is 12.2 Å². The highest BCUT2D eigenvalue weighted by Crippen LogP contribution is 2.37. The number of nitrogens with two attached hydrogens (primary N) is 1. The first-order valence-corrected chi connectivity index (χ1v) is 5.45. The molecule has 0 aliphatic carbocycles. The van der Waals surface area contributed by atoms with E-state index in [9.17, 15) is 13.2 Å². The fraction of sp³-hybridized carbons (Fsp3) is 0.500. The summed E-state index contributed by atoms with van der Waals surface area (Å²) in [5.74, 6) is 0. The molecular formula is C12H18F3N3. The van der Waals surface area contributed by atoms with Gasteiger partial charge in [-0.2, -0.15) is 13.2 Å². The molecule has 0 radical (unpaired) electrons. The molecule has 1 rings (SSSR count). The average molecular weight is 261 g/mol. The second-order valence-corrected chi connectivity index (χ2v) is 4.55. The minimum Gasteiger partial charge on any atom is -0.378 e. The molecule has 2 N–H and O–H groups in total. The van der Waals surface area contributed by atoms with Gasteiger partial charge in [-0.25, -0.2) is 0 Å². The van der Waals surface area contributed by atoms with Gasteiger partial charge in [0.25, 0.3) is 0 Å². The Bertz CT molecular complexity index is 414. The third-order valence-electron chi connectivity index (χ3n) is 2.70. The summed E-state index contributed by atoms with van der Waals surface area (Å²) in [4.78, 5) is 3.37. The SMILES string of the molecule is CN(C)c1ccc(N(C)C)c([C@@H](N)C(F)(F)F)c1. The monoisotopic (exact) mass is 261 g/mol. The van der Waals surface area contributed by atoms with Gasteiger partial charge < -0.3 is 15.5 Å². The quantitative estimate of drug-likeness (QED) is 0.906. The van der Waals surface area contributed by atoms with Gasteiger partial charge in [-0.3, -0.25) is 0 Å². The van der Waals surface area contributed by atoms with Gasteiger partial charge in [0.15, 0.2) is 0 Å². The zero-order chi connectivity index (χ0) is 14.1. The molecule has 0 fully saturated rings. The number of nitrogens with zero attached hydrogens (tertiary/aromatic N) is 2. The van der Waals surface area contributed by atoms with Crippen LogP contribution in [0.4, 0.5) is 24.5 Å². The van der Waals surface area contributed by atoms with Crippen molar-refractivity contribution in [2.24, 2.45) is 5.73 Å². The van der Waals surface area contributed by atoms with E-state index in [0.717, 1.165) is 0 Å². The van der Waals surface area contributed by atoms with Crippen LogP contribution in [-0.2, 0) is 0 Å². The second kappa shape index (κ2) is 5.06. The normalized spacial score (nSPS) is 13.3. The lowest BCUT2D eigenvalue weighted by molar-refractivity contribution is -0.149. The Morgan fingerprint density at radius 2 is 1.61 bits per heavy atom. The van der Waals surface area contributed by atoms with Crippen LogP contribution in [0.5, 0.6) is 0 Å². The minimum atomic E-state index is -4.45. The molecule has 1 aromatic carbocycles. The second-order valence-electron chi connectivity index (χ2n) is 4.55. The lowest BCUT2D eigenvalue weighted by Gasteiger charge is -2.25. The van der Waals surface area contributed by atoms with E-state index in [4.69, 9.17) is 5.73 Å². The van der Waals surface area contributed by atoms with Crippen LogP contribution in [0.25, 0.3) is 0 Å². The Labute approximate surface area is 105 Å². The van der Waals surface area contributed by atoms with Crippen molar-refractivity contribution in [3.8, 4) is 0 Å². The maximum atomic E-state index is 12.8. The average Bonchev–Trinajstić information content (AvgIpc) is 2.25. The van der Waals surface area contributed by atoms with Gasteiger partial charge in [0.2, 0.25) is 0 Å². The summed E-state index contributed by atoms with van der Waals surface area (Å²) in [5, 5.41) is 0. The zero-order valence-electron chi connectivity index (χ0n) is 10.9. The van der Waals surface area contributed by atoms with Crippen molar-refractivity contribution in [2.75, 3.05) is 38.0 Å². The molecule has 1 atom stereocenters. The standard InChI is InChI=1S/C12H18F3N3/c1-17(2)8-5-6-10(18(3)4)9(7-8)11(16)12(13,14)15/h5-7,11H,16H2,1-4H3/t11-/m1/s1. The Balaban J connectivity index is 3.32. The Morgan fingerprint density at radius 3 is 2.00 bits per heavy atom. The maximum Gasteiger partial charge on any atom is 0.407 e. The molecular weight excluding hydrogens is 243 g/mol. The van der Waals surface area contributed by atoms with Crippen LogP contribution in [0.1, 0.15) is 11.6 Å². The topological polar surface area (TPSA) is 32.5 Å². The third-order valence-corrected chi connectivity index (χ3v) is 2.70. The predicted octanol–water partition coefficient (Wildman–Crippen LogP) is 2.38. The summed E-state index contributed by atoms with van der Waals surface area (Å²) in [7, 11) is 6.93. The van der Waals surface area contributed by atoms with E-state index in [-0.39, 0.29) is 5.56 Å². The van der Waals surface area contributed by atoms with Gasteiger partial charge in [0.05, 0.1) is 0 Å². The van der Waals surface area contributed by atoms with E-state index in [1.807, 2.05) is 0 Å². The van der Waals surface area contributed by atoms with E-state index in [1.54, 1.807) is 50.1 Å². The Hall–Kier alpha value is -1.43. The van der Waals surface area contributed by atoms with E-state index in [1.165, 1.54) is 6.07 Å². The molecule has 0 saturated carbocycles. The minimum absolute atomic E-state index is 0.0821. The molecule has 0 bridgehead atoms. The van der Waals surface area contributed by atoms with Crippen molar-refractivity contribution in [2.45, 2.75) is 12.2 Å². The zero-order valence-corrected chi connectivity index (χ0v) is 10.9. The van der Waals surface area contributed by atoms with Gasteiger partial charge in [-0.05, 0) is 18.2 Å². The first-order chi connectivity index (χ1) is 8.14. The van der Waals surface area contributed by atoms with Crippen molar-refractivity contribution in [3.63, 3.8) is 0 Å². The van der Waals surface area contributed by atoms with Crippen LogP contribution < -0.4 is 15.5 Å². The first kappa shape index (κ1) is 14.6. The molecule has 0 heterocycles. The van der Waals surface area contributed by atoms with Gasteiger partial charge in [0.1, 0.15) is 6.04 Å². The summed E-state index contributed by atoms with van der Waals surface area (Å²) in [6, 6.07) is 2.92. The first-order valence-electron chi connectivity index (χ1n) is 5.45. The number of hydrogen-bond donors (Lipinski definition) is 1. The Kier molecular flexibility index (Phi) is 4.11. The highest BCUT2D eigenvalue weighted by Gasteiger charge is 2.39. The molecule has 0 aliphatic heterocycles. The lowest BCUT2D eigenvalue weighted by Crippen LogP contribution is -2.30. The number of halogens is 3. The van der Waals surface area contributed by atoms with Crippen LogP contribution >= 0.6 is 0 Å². The van der Waals surface area contributed by atoms with E-state index in [0.29, 0.717) is 11.4 Å². The predicted molar refractivity (Wildman–Crippen MR) is 68.1 cm³/mol. The van der Waals surface area contributed by atoms with Gasteiger partial charge in [0, 0.05) is 45.1 Å².